The number of carbonyl (C=O) groups is 2. The van der Waals surface area contributed by atoms with Crippen molar-refractivity contribution in [3.8, 4) is 0 Å². The molecule has 0 saturated carbocycles. The van der Waals surface area contributed by atoms with Crippen LogP contribution in [0.25, 0.3) is 0 Å². The number of rotatable bonds is 4. The van der Waals surface area contributed by atoms with Gasteiger partial charge in [0.05, 0.1) is 0 Å². The second-order valence-electron chi connectivity index (χ2n) is 3.03. The number of hydrogen-bond donors (Lipinski definition) is 4. The molecule has 2 N–H and O–H groups in total. The van der Waals surface area contributed by atoms with E-state index in [2.05, 4.69) is 30.2 Å². The summed E-state index contributed by atoms with van der Waals surface area (Å²) >= 11 is 7.74. The fourth-order valence-electron chi connectivity index (χ4n) is 1.06. The highest BCUT2D eigenvalue weighted by molar-refractivity contribution is 7.81. The predicted octanol–water partition coefficient (Wildman–Crippen LogP) is 1.19. The van der Waals surface area contributed by atoms with E-state index < -0.39 is 22.4 Å². The monoisotopic (exact) mass is 259 g/mol. The second kappa shape index (κ2) is 5.22. The molecule has 0 aliphatic heterocycles. The Morgan fingerprint density at radius 1 is 1.06 bits per heavy atom. The average molecular weight is 259 g/mol. The molecule has 2 unspecified atom stereocenters. The normalized spacial score (nSPS) is 14.1. The van der Waals surface area contributed by atoms with Gasteiger partial charge in [-0.25, -0.2) is 0 Å². The summed E-state index contributed by atoms with van der Waals surface area (Å²) in [6.07, 6.45) is 2.66. The summed E-state index contributed by atoms with van der Waals surface area (Å²) in [5.41, 5.74) is 0.655. The van der Waals surface area contributed by atoms with E-state index in [0.717, 1.165) is 0 Å². The molecule has 0 fully saturated rings. The smallest absolute Gasteiger partial charge is 0.320 e. The van der Waals surface area contributed by atoms with Gasteiger partial charge in [-0.1, -0.05) is 0 Å². The maximum absolute atomic E-state index is 10.7. The Hall–Kier alpha value is -1.21. The molecule has 2 atom stereocenters. The molecule has 0 amide bonds. The molecular formula is C9H9NO4S2. The summed E-state index contributed by atoms with van der Waals surface area (Å²) in [7, 11) is 0. The molecule has 1 heterocycles. The van der Waals surface area contributed by atoms with Crippen molar-refractivity contribution in [3.05, 3.63) is 29.6 Å². The second-order valence-corrected chi connectivity index (χ2v) is 4.07. The van der Waals surface area contributed by atoms with Crippen LogP contribution in [0.15, 0.2) is 18.5 Å². The summed E-state index contributed by atoms with van der Waals surface area (Å²) in [5.74, 6) is -2.23. The first-order chi connectivity index (χ1) is 7.43. The summed E-state index contributed by atoms with van der Waals surface area (Å²) < 4.78 is 0. The van der Waals surface area contributed by atoms with Gasteiger partial charge in [-0.3, -0.25) is 14.6 Å². The van der Waals surface area contributed by atoms with Crippen molar-refractivity contribution >= 4 is 37.2 Å². The number of nitrogens with zero attached hydrogens (tertiary/aromatic N) is 1. The summed E-state index contributed by atoms with van der Waals surface area (Å²) in [6, 6.07) is 1.42. The number of carboxylic acid groups (broad SMARTS) is 2. The summed E-state index contributed by atoms with van der Waals surface area (Å²) in [6.45, 7) is 0. The van der Waals surface area contributed by atoms with Crippen molar-refractivity contribution in [3.63, 3.8) is 0 Å². The van der Waals surface area contributed by atoms with E-state index in [-0.39, 0.29) is 0 Å². The molecular weight excluding hydrogens is 250 g/mol. The first-order valence-electron chi connectivity index (χ1n) is 4.20. The van der Waals surface area contributed by atoms with Crippen molar-refractivity contribution in [2.75, 3.05) is 0 Å². The highest BCUT2D eigenvalue weighted by atomic mass is 32.1. The van der Waals surface area contributed by atoms with Crippen molar-refractivity contribution in [2.24, 2.45) is 0 Å². The lowest BCUT2D eigenvalue weighted by Gasteiger charge is -2.09. The number of thiol groups is 2. The zero-order valence-electron chi connectivity index (χ0n) is 7.94. The number of hydrogen-bond acceptors (Lipinski definition) is 5. The molecule has 7 heteroatoms. The number of pyridine rings is 1. The van der Waals surface area contributed by atoms with Gasteiger partial charge in [0.2, 0.25) is 0 Å². The largest absolute Gasteiger partial charge is 0.480 e. The minimum Gasteiger partial charge on any atom is -0.480 e. The first kappa shape index (κ1) is 12.9. The minimum atomic E-state index is -1.12. The van der Waals surface area contributed by atoms with Crippen LogP contribution in [-0.2, 0) is 9.59 Å². The van der Waals surface area contributed by atoms with E-state index >= 15 is 0 Å². The van der Waals surface area contributed by atoms with Crippen LogP contribution in [0, 0.1) is 0 Å². The number of carboxylic acids is 2. The Morgan fingerprint density at radius 3 is 1.75 bits per heavy atom. The highest BCUT2D eigenvalue weighted by Crippen LogP contribution is 2.25. The van der Waals surface area contributed by atoms with Crippen LogP contribution in [0.5, 0.6) is 0 Å². The van der Waals surface area contributed by atoms with Crippen LogP contribution in [0.2, 0.25) is 0 Å². The van der Waals surface area contributed by atoms with Gasteiger partial charge in [-0.2, -0.15) is 25.3 Å². The molecule has 0 bridgehead atoms. The molecule has 1 aromatic rings. The van der Waals surface area contributed by atoms with E-state index in [1.165, 1.54) is 18.5 Å². The molecule has 0 radical (unpaired) electrons. The Kier molecular flexibility index (Phi) is 4.19. The van der Waals surface area contributed by atoms with Crippen LogP contribution >= 0.6 is 25.3 Å². The van der Waals surface area contributed by atoms with Crippen molar-refractivity contribution in [1.29, 1.82) is 0 Å². The van der Waals surface area contributed by atoms with Crippen molar-refractivity contribution in [2.45, 2.75) is 10.5 Å². The van der Waals surface area contributed by atoms with Gasteiger partial charge < -0.3 is 10.2 Å². The van der Waals surface area contributed by atoms with Crippen LogP contribution < -0.4 is 0 Å². The van der Waals surface area contributed by atoms with Gasteiger partial charge in [0.1, 0.15) is 10.5 Å². The zero-order valence-corrected chi connectivity index (χ0v) is 9.73. The third-order valence-electron chi connectivity index (χ3n) is 1.88. The van der Waals surface area contributed by atoms with Gasteiger partial charge in [0.15, 0.2) is 0 Å². The van der Waals surface area contributed by atoms with E-state index in [4.69, 9.17) is 10.2 Å². The predicted molar refractivity (Wildman–Crippen MR) is 63.0 cm³/mol. The third-order valence-corrected chi connectivity index (χ3v) is 2.92. The van der Waals surface area contributed by atoms with Gasteiger partial charge >= 0.3 is 11.9 Å². The van der Waals surface area contributed by atoms with Gasteiger partial charge in [-0.05, 0) is 17.2 Å². The Bertz CT molecular complexity index is 388. The lowest BCUT2D eigenvalue weighted by Crippen LogP contribution is -2.09. The fourth-order valence-corrected chi connectivity index (χ4v) is 1.34. The quantitative estimate of drug-likeness (QED) is 0.610. The van der Waals surface area contributed by atoms with Gasteiger partial charge in [0, 0.05) is 12.4 Å². The van der Waals surface area contributed by atoms with Crippen LogP contribution in [0.1, 0.15) is 21.6 Å². The van der Waals surface area contributed by atoms with Crippen molar-refractivity contribution < 1.29 is 19.8 Å². The number of aromatic nitrogens is 1. The summed E-state index contributed by atoms with van der Waals surface area (Å²) in [4.78, 5) is 25.1. The molecule has 1 rings (SSSR count). The molecule has 0 aliphatic carbocycles. The standard InChI is InChI=1S/C9H9NO4S2/c11-8(12)6(15)4-1-5(3-10-2-4)7(16)9(13)14/h1-3,6-7,15-16H,(H,11,12)(H,13,14). The molecule has 0 saturated heterocycles. The van der Waals surface area contributed by atoms with E-state index in [0.29, 0.717) is 11.1 Å². The zero-order chi connectivity index (χ0) is 12.3. The molecule has 1 aromatic heterocycles. The van der Waals surface area contributed by atoms with E-state index in [1.54, 1.807) is 0 Å². The van der Waals surface area contributed by atoms with Gasteiger partial charge in [0.25, 0.3) is 0 Å². The van der Waals surface area contributed by atoms with Crippen LogP contribution in [-0.4, -0.2) is 27.1 Å². The SMILES string of the molecule is O=C(O)C(S)c1cncc(C(S)C(=O)O)c1. The molecule has 5 nitrogen and oxygen atoms in total. The maximum atomic E-state index is 10.7. The lowest BCUT2D eigenvalue weighted by atomic mass is 10.1. The van der Waals surface area contributed by atoms with E-state index in [9.17, 15) is 9.59 Å². The maximum Gasteiger partial charge on any atom is 0.320 e. The molecule has 86 valence electrons. The molecule has 0 spiro atoms. The molecule has 0 aromatic carbocycles. The molecule has 0 aliphatic rings. The minimum absolute atomic E-state index is 0.327. The Balaban J connectivity index is 3.04. The highest BCUT2D eigenvalue weighted by Gasteiger charge is 2.19. The average Bonchev–Trinajstić information content (AvgIpc) is 2.26. The Labute approximate surface area is 102 Å². The molecule has 16 heavy (non-hydrogen) atoms. The first-order valence-corrected chi connectivity index (χ1v) is 5.23. The fraction of sp³-hybridized carbons (Fsp3) is 0.222. The lowest BCUT2D eigenvalue weighted by molar-refractivity contribution is -0.137. The Morgan fingerprint density at radius 2 is 1.44 bits per heavy atom. The van der Waals surface area contributed by atoms with Crippen LogP contribution in [0.4, 0.5) is 0 Å². The van der Waals surface area contributed by atoms with Crippen LogP contribution in [0.3, 0.4) is 0 Å². The van der Waals surface area contributed by atoms with Gasteiger partial charge in [-0.15, -0.1) is 0 Å². The topological polar surface area (TPSA) is 87.5 Å². The van der Waals surface area contributed by atoms with Crippen molar-refractivity contribution in [1.82, 2.24) is 4.98 Å². The third kappa shape index (κ3) is 2.89. The summed E-state index contributed by atoms with van der Waals surface area (Å²) in [5, 5.41) is 15.4. The van der Waals surface area contributed by atoms with E-state index in [1.807, 2.05) is 0 Å². The number of aliphatic carboxylic acids is 2.